The fraction of sp³-hybridized carbons (Fsp3) is 0.524. The van der Waals surface area contributed by atoms with Gasteiger partial charge in [-0.3, -0.25) is 9.89 Å². The van der Waals surface area contributed by atoms with Crippen molar-refractivity contribution in [3.8, 4) is 0 Å². The third-order valence-corrected chi connectivity index (χ3v) is 5.72. The van der Waals surface area contributed by atoms with Crippen LogP contribution in [0, 0.1) is 12.7 Å². The number of aromatic amines is 1. The van der Waals surface area contributed by atoms with Crippen molar-refractivity contribution in [3.05, 3.63) is 46.5 Å². The molecule has 1 amide bonds. The van der Waals surface area contributed by atoms with Gasteiger partial charge in [-0.05, 0) is 51.3 Å². The Bertz CT molecular complexity index is 873. The molecule has 28 heavy (non-hydrogen) atoms. The summed E-state index contributed by atoms with van der Waals surface area (Å²) in [5, 5.41) is 10.3. The van der Waals surface area contributed by atoms with Gasteiger partial charge in [-0.2, -0.15) is 5.10 Å². The molecule has 2 aromatic rings. The van der Waals surface area contributed by atoms with Crippen LogP contribution in [0.3, 0.4) is 0 Å². The van der Waals surface area contributed by atoms with Crippen molar-refractivity contribution < 1.29 is 13.9 Å². The first-order chi connectivity index (χ1) is 13.4. The topological polar surface area (TPSA) is 70.2 Å². The zero-order valence-corrected chi connectivity index (χ0v) is 16.6. The van der Waals surface area contributed by atoms with Crippen molar-refractivity contribution in [2.45, 2.75) is 58.3 Å². The van der Waals surface area contributed by atoms with E-state index in [2.05, 4.69) is 20.4 Å². The van der Waals surface area contributed by atoms with Crippen LogP contribution >= 0.6 is 0 Å². The second kappa shape index (κ2) is 7.54. The molecule has 4 rings (SSSR count). The van der Waals surface area contributed by atoms with Gasteiger partial charge in [0, 0.05) is 31.1 Å². The number of H-pyrrole nitrogens is 1. The number of aromatic nitrogens is 2. The Morgan fingerprint density at radius 2 is 2.07 bits per heavy atom. The van der Waals surface area contributed by atoms with Crippen LogP contribution in [0.1, 0.15) is 60.1 Å². The van der Waals surface area contributed by atoms with Gasteiger partial charge in [0.05, 0.1) is 23.6 Å². The van der Waals surface area contributed by atoms with Gasteiger partial charge in [0.15, 0.2) is 5.69 Å². The van der Waals surface area contributed by atoms with Crippen molar-refractivity contribution in [2.24, 2.45) is 0 Å². The molecule has 1 aromatic carbocycles. The number of piperidine rings is 1. The second-order valence-corrected chi connectivity index (χ2v) is 7.95. The van der Waals surface area contributed by atoms with Crippen LogP contribution in [0.5, 0.6) is 0 Å². The van der Waals surface area contributed by atoms with E-state index >= 15 is 0 Å². The van der Waals surface area contributed by atoms with Crippen LogP contribution in [-0.2, 0) is 11.2 Å². The molecule has 0 radical (unpaired) electrons. The van der Waals surface area contributed by atoms with E-state index < -0.39 is 0 Å². The van der Waals surface area contributed by atoms with E-state index in [0.717, 1.165) is 29.7 Å². The van der Waals surface area contributed by atoms with Crippen LogP contribution < -0.4 is 10.2 Å². The van der Waals surface area contributed by atoms with Crippen LogP contribution in [-0.4, -0.2) is 41.3 Å². The average Bonchev–Trinajstić information content (AvgIpc) is 3.09. The lowest BCUT2D eigenvalue weighted by Crippen LogP contribution is -2.45. The van der Waals surface area contributed by atoms with E-state index in [9.17, 15) is 9.18 Å². The lowest BCUT2D eigenvalue weighted by atomic mass is 9.99. The summed E-state index contributed by atoms with van der Waals surface area (Å²) in [5.74, 6) is -0.333. The number of carbonyl (C=O) groups excluding carboxylic acids is 1. The summed E-state index contributed by atoms with van der Waals surface area (Å²) >= 11 is 0. The molecule has 3 heterocycles. The molecular weight excluding hydrogens is 359 g/mol. The average molecular weight is 386 g/mol. The number of carbonyl (C=O) groups is 1. The number of anilines is 1. The third kappa shape index (κ3) is 3.63. The summed E-state index contributed by atoms with van der Waals surface area (Å²) in [6.07, 6.45) is 2.23. The van der Waals surface area contributed by atoms with E-state index in [1.807, 2.05) is 26.8 Å². The van der Waals surface area contributed by atoms with E-state index in [1.54, 1.807) is 6.07 Å². The maximum Gasteiger partial charge on any atom is 0.272 e. The minimum Gasteiger partial charge on any atom is -0.369 e. The molecule has 0 spiro atoms. The van der Waals surface area contributed by atoms with Crippen molar-refractivity contribution >= 4 is 11.6 Å². The molecule has 2 aliphatic rings. The summed E-state index contributed by atoms with van der Waals surface area (Å²) in [7, 11) is 0. The molecule has 0 unspecified atom stereocenters. The predicted molar refractivity (Wildman–Crippen MR) is 105 cm³/mol. The molecule has 7 heteroatoms. The van der Waals surface area contributed by atoms with Gasteiger partial charge in [0.1, 0.15) is 5.82 Å². The van der Waals surface area contributed by atoms with E-state index in [4.69, 9.17) is 4.74 Å². The number of hydrogen-bond donors (Lipinski definition) is 2. The number of rotatable bonds is 3. The van der Waals surface area contributed by atoms with Crippen LogP contribution in [0.4, 0.5) is 10.1 Å². The number of nitrogens with one attached hydrogen (secondary N) is 2. The Kier molecular flexibility index (Phi) is 5.10. The predicted octanol–water partition coefficient (Wildman–Crippen LogP) is 3.28. The quantitative estimate of drug-likeness (QED) is 0.849. The number of fused-ring (bicyclic) bond motifs is 1. The Labute approximate surface area is 164 Å². The Hall–Kier alpha value is -2.41. The smallest absolute Gasteiger partial charge is 0.272 e. The minimum absolute atomic E-state index is 0.0682. The fourth-order valence-corrected chi connectivity index (χ4v) is 4.24. The van der Waals surface area contributed by atoms with Gasteiger partial charge in [-0.1, -0.05) is 6.07 Å². The lowest BCUT2D eigenvalue weighted by molar-refractivity contribution is -0.00697. The maximum absolute atomic E-state index is 14.1. The van der Waals surface area contributed by atoms with Crippen LogP contribution in [0.2, 0.25) is 0 Å². The first-order valence-electron chi connectivity index (χ1n) is 9.97. The maximum atomic E-state index is 14.1. The van der Waals surface area contributed by atoms with Crippen molar-refractivity contribution in [1.82, 2.24) is 15.5 Å². The summed E-state index contributed by atoms with van der Waals surface area (Å²) < 4.78 is 19.9. The lowest BCUT2D eigenvalue weighted by Gasteiger charge is -2.34. The molecule has 1 fully saturated rings. The molecule has 2 atom stereocenters. The molecule has 2 aliphatic heterocycles. The number of hydrogen-bond acceptors (Lipinski definition) is 4. The van der Waals surface area contributed by atoms with Gasteiger partial charge in [0.2, 0.25) is 0 Å². The number of ether oxygens (including phenoxy) is 1. The summed E-state index contributed by atoms with van der Waals surface area (Å²) in [6, 6.07) is 5.25. The van der Waals surface area contributed by atoms with E-state index in [-0.39, 0.29) is 30.0 Å². The zero-order chi connectivity index (χ0) is 19.8. The number of aryl methyl sites for hydroxylation is 1. The summed E-state index contributed by atoms with van der Waals surface area (Å²) in [4.78, 5) is 14.9. The van der Waals surface area contributed by atoms with Gasteiger partial charge >= 0.3 is 0 Å². The molecule has 0 aliphatic carbocycles. The Balaban J connectivity index is 1.39. The molecular formula is C21H27FN4O2. The molecule has 150 valence electrons. The number of halogens is 1. The van der Waals surface area contributed by atoms with E-state index in [1.165, 1.54) is 6.07 Å². The van der Waals surface area contributed by atoms with Crippen LogP contribution in [0.25, 0.3) is 0 Å². The molecule has 2 N–H and O–H groups in total. The van der Waals surface area contributed by atoms with Gasteiger partial charge in [-0.25, -0.2) is 4.39 Å². The van der Waals surface area contributed by atoms with Gasteiger partial charge in [-0.15, -0.1) is 0 Å². The standard InChI is InChI=1S/C21H27FN4O2/c1-12-4-5-17(22)18(10-12)26-8-6-15(7-9-26)23-21(27)20-16-11-13(2)28-14(3)19(16)24-25-20/h4-5,10,13-15H,6-9,11H2,1-3H3,(H,23,27)(H,24,25)/t13-,14+/m1/s1. The first-order valence-corrected chi connectivity index (χ1v) is 9.97. The number of benzene rings is 1. The van der Waals surface area contributed by atoms with Gasteiger partial charge in [0.25, 0.3) is 5.91 Å². The normalized spacial score (nSPS) is 22.8. The highest BCUT2D eigenvalue weighted by atomic mass is 19.1. The molecule has 0 saturated carbocycles. The van der Waals surface area contributed by atoms with Crippen molar-refractivity contribution in [2.75, 3.05) is 18.0 Å². The Morgan fingerprint density at radius 3 is 2.82 bits per heavy atom. The highest BCUT2D eigenvalue weighted by molar-refractivity contribution is 5.94. The summed E-state index contributed by atoms with van der Waals surface area (Å²) in [6.45, 7) is 7.37. The first kappa shape index (κ1) is 18.9. The zero-order valence-electron chi connectivity index (χ0n) is 16.6. The fourth-order valence-electron chi connectivity index (χ4n) is 4.24. The molecule has 6 nitrogen and oxygen atoms in total. The monoisotopic (exact) mass is 386 g/mol. The number of nitrogens with zero attached hydrogens (tertiary/aromatic N) is 2. The third-order valence-electron chi connectivity index (χ3n) is 5.72. The SMILES string of the molecule is Cc1ccc(F)c(N2CCC(NC(=O)c3n[nH]c4c3C[C@@H](C)O[C@H]4C)CC2)c1. The van der Waals surface area contributed by atoms with Crippen molar-refractivity contribution in [1.29, 1.82) is 0 Å². The Morgan fingerprint density at radius 1 is 1.32 bits per heavy atom. The highest BCUT2D eigenvalue weighted by Crippen LogP contribution is 2.30. The minimum atomic E-state index is -0.193. The molecule has 1 saturated heterocycles. The second-order valence-electron chi connectivity index (χ2n) is 7.95. The largest absolute Gasteiger partial charge is 0.369 e. The van der Waals surface area contributed by atoms with Crippen molar-refractivity contribution in [3.63, 3.8) is 0 Å². The summed E-state index contributed by atoms with van der Waals surface area (Å²) in [5.41, 5.74) is 4.02. The molecule has 0 bridgehead atoms. The van der Waals surface area contributed by atoms with E-state index in [0.29, 0.717) is 30.9 Å². The highest BCUT2D eigenvalue weighted by Gasteiger charge is 2.31. The molecule has 1 aromatic heterocycles. The van der Waals surface area contributed by atoms with Crippen LogP contribution in [0.15, 0.2) is 18.2 Å². The van der Waals surface area contributed by atoms with Gasteiger partial charge < -0.3 is 15.0 Å². The number of amides is 1.